The number of H-pyrrole nitrogens is 1. The molecule has 0 spiro atoms. The Morgan fingerprint density at radius 1 is 1.17 bits per heavy atom. The highest BCUT2D eigenvalue weighted by Crippen LogP contribution is 2.25. The molecular formula is C23H35ClN6O4S. The molecule has 3 aromatic rings. The van der Waals surface area contributed by atoms with Crippen LogP contribution in [0.2, 0.25) is 0 Å². The van der Waals surface area contributed by atoms with E-state index in [1.54, 1.807) is 33.7 Å². The number of aryl methyl sites for hydroxylation is 1. The number of fused-ring (bicyclic) bond motifs is 1. The summed E-state index contributed by atoms with van der Waals surface area (Å²) in [6.45, 7) is 4.80. The number of hydrogen-bond acceptors (Lipinski definition) is 7. The summed E-state index contributed by atoms with van der Waals surface area (Å²) in [5, 5.41) is 1.11. The molecule has 1 aromatic carbocycles. The topological polar surface area (TPSA) is 126 Å². The van der Waals surface area contributed by atoms with Crippen molar-refractivity contribution in [1.82, 2.24) is 24.2 Å². The Labute approximate surface area is 213 Å². The quantitative estimate of drug-likeness (QED) is 0.449. The summed E-state index contributed by atoms with van der Waals surface area (Å²) in [5.41, 5.74) is 3.09. The van der Waals surface area contributed by atoms with E-state index >= 15 is 0 Å². The lowest BCUT2D eigenvalue weighted by Crippen LogP contribution is -2.47. The molecule has 2 aromatic heterocycles. The van der Waals surface area contributed by atoms with Crippen molar-refractivity contribution in [2.45, 2.75) is 18.6 Å². The number of halogens is 1. The van der Waals surface area contributed by atoms with Gasteiger partial charge in [-0.2, -0.15) is 0 Å². The van der Waals surface area contributed by atoms with Gasteiger partial charge in [0.25, 0.3) is 0 Å². The van der Waals surface area contributed by atoms with E-state index in [9.17, 15) is 8.42 Å². The predicted molar refractivity (Wildman–Crippen MR) is 141 cm³/mol. The third-order valence-electron chi connectivity index (χ3n) is 6.21. The fraction of sp³-hybridized carbons (Fsp3) is 0.478. The molecule has 12 heteroatoms. The van der Waals surface area contributed by atoms with Crippen molar-refractivity contribution in [1.29, 1.82) is 0 Å². The molecule has 3 N–H and O–H groups in total. The van der Waals surface area contributed by atoms with Gasteiger partial charge in [0.1, 0.15) is 6.33 Å². The van der Waals surface area contributed by atoms with E-state index in [1.807, 2.05) is 24.4 Å². The maximum absolute atomic E-state index is 12.3. The summed E-state index contributed by atoms with van der Waals surface area (Å²) in [6.07, 6.45) is 7.31. The second kappa shape index (κ2) is 12.5. The lowest BCUT2D eigenvalue weighted by Gasteiger charge is -2.35. The lowest BCUT2D eigenvalue weighted by molar-refractivity contribution is 0.253. The van der Waals surface area contributed by atoms with Gasteiger partial charge in [0.05, 0.1) is 19.1 Å². The first-order chi connectivity index (χ1) is 15.9. The van der Waals surface area contributed by atoms with Gasteiger partial charge in [-0.05, 0) is 42.6 Å². The van der Waals surface area contributed by atoms with Crippen LogP contribution in [0, 0.1) is 0 Å². The molecule has 0 amide bonds. The highest BCUT2D eigenvalue weighted by Gasteiger charge is 2.21. The Morgan fingerprint density at radius 3 is 2.60 bits per heavy atom. The van der Waals surface area contributed by atoms with E-state index in [0.717, 1.165) is 67.8 Å². The minimum atomic E-state index is -3.28. The smallest absolute Gasteiger partial charge is 0.217 e. The van der Waals surface area contributed by atoms with Crippen molar-refractivity contribution in [2.75, 3.05) is 58.8 Å². The predicted octanol–water partition coefficient (Wildman–Crippen LogP) is 1.71. The molecule has 0 bridgehead atoms. The zero-order valence-electron chi connectivity index (χ0n) is 20.4. The van der Waals surface area contributed by atoms with Crippen LogP contribution in [0.4, 0.5) is 5.82 Å². The molecule has 1 aliphatic heterocycles. The van der Waals surface area contributed by atoms with E-state index in [2.05, 4.69) is 24.8 Å². The summed E-state index contributed by atoms with van der Waals surface area (Å²) in [5.74, 6) is 1.59. The van der Waals surface area contributed by atoms with Gasteiger partial charge in [-0.1, -0.05) is 6.07 Å². The molecule has 0 unspecified atom stereocenters. The molecule has 1 fully saturated rings. The third kappa shape index (κ3) is 6.83. The molecule has 35 heavy (non-hydrogen) atoms. The average molecular weight is 527 g/mol. The van der Waals surface area contributed by atoms with Crippen LogP contribution >= 0.6 is 12.4 Å². The fourth-order valence-corrected chi connectivity index (χ4v) is 5.09. The van der Waals surface area contributed by atoms with Gasteiger partial charge in [-0.15, -0.1) is 12.4 Å². The number of ether oxygens (including phenoxy) is 1. The van der Waals surface area contributed by atoms with Crippen molar-refractivity contribution in [3.05, 3.63) is 48.0 Å². The number of benzene rings is 1. The van der Waals surface area contributed by atoms with E-state index in [-0.39, 0.29) is 23.6 Å². The normalized spacial score (nSPS) is 14.6. The van der Waals surface area contributed by atoms with Crippen LogP contribution in [0.15, 0.2) is 36.9 Å². The van der Waals surface area contributed by atoms with Crippen LogP contribution in [0.25, 0.3) is 10.9 Å². The minimum Gasteiger partial charge on any atom is -0.491 e. The Bertz CT molecular complexity index is 1200. The van der Waals surface area contributed by atoms with Crippen molar-refractivity contribution in [3.8, 4) is 5.75 Å². The molecule has 0 aliphatic carbocycles. The standard InChI is InChI=1S/C23H32N6O3S.ClH.H2O/c1-27(2)33(30,31)16-18-6-7-21-20(13-18)19(14-25-21)5-4-8-28-9-11-29(12-10-28)23-22(32-3)15-24-17-26-23;;/h6-7,13-15,17,25H,4-5,8-12,16H2,1-3H3;1H;1H2. The SMILES string of the molecule is COc1cncnc1N1CCN(CCCc2c[nH]c3ccc(CS(=O)(=O)N(C)C)cc23)CC1.Cl.O. The molecule has 4 rings (SSSR count). The zero-order valence-corrected chi connectivity index (χ0v) is 22.0. The molecule has 1 aliphatic rings. The Morgan fingerprint density at radius 2 is 1.91 bits per heavy atom. The van der Waals surface area contributed by atoms with Gasteiger partial charge in [-0.25, -0.2) is 22.7 Å². The van der Waals surface area contributed by atoms with Crippen LogP contribution < -0.4 is 9.64 Å². The number of rotatable bonds is 9. The van der Waals surface area contributed by atoms with Crippen LogP contribution in [-0.4, -0.2) is 92.0 Å². The second-order valence-corrected chi connectivity index (χ2v) is 10.8. The van der Waals surface area contributed by atoms with Crippen LogP contribution in [0.5, 0.6) is 5.75 Å². The van der Waals surface area contributed by atoms with Crippen molar-refractivity contribution < 1.29 is 18.6 Å². The number of piperazine rings is 1. The Balaban J connectivity index is 0.00000216. The van der Waals surface area contributed by atoms with Crippen molar-refractivity contribution in [2.24, 2.45) is 0 Å². The van der Waals surface area contributed by atoms with Gasteiger partial charge in [0.2, 0.25) is 10.0 Å². The lowest BCUT2D eigenvalue weighted by atomic mass is 10.1. The number of hydrogen-bond donors (Lipinski definition) is 1. The van der Waals surface area contributed by atoms with Crippen LogP contribution in [0.3, 0.4) is 0 Å². The molecular weight excluding hydrogens is 492 g/mol. The second-order valence-electron chi connectivity index (χ2n) is 8.58. The van der Waals surface area contributed by atoms with Crippen molar-refractivity contribution in [3.63, 3.8) is 0 Å². The monoisotopic (exact) mass is 526 g/mol. The first-order valence-corrected chi connectivity index (χ1v) is 12.8. The number of anilines is 1. The summed E-state index contributed by atoms with van der Waals surface area (Å²) in [4.78, 5) is 16.5. The van der Waals surface area contributed by atoms with Crippen LogP contribution in [0.1, 0.15) is 17.5 Å². The number of aromatic nitrogens is 3. The fourth-order valence-electron chi connectivity index (χ4n) is 4.23. The molecule has 194 valence electrons. The summed E-state index contributed by atoms with van der Waals surface area (Å²) < 4.78 is 31.2. The summed E-state index contributed by atoms with van der Waals surface area (Å²) in [6, 6.07) is 5.87. The molecule has 0 atom stereocenters. The summed E-state index contributed by atoms with van der Waals surface area (Å²) >= 11 is 0. The first-order valence-electron chi connectivity index (χ1n) is 11.2. The highest BCUT2D eigenvalue weighted by molar-refractivity contribution is 7.88. The molecule has 3 heterocycles. The molecule has 0 radical (unpaired) electrons. The van der Waals surface area contributed by atoms with Crippen LogP contribution in [-0.2, 0) is 22.2 Å². The van der Waals surface area contributed by atoms with E-state index < -0.39 is 10.0 Å². The van der Waals surface area contributed by atoms with Gasteiger partial charge >= 0.3 is 0 Å². The highest BCUT2D eigenvalue weighted by atomic mass is 35.5. The number of aromatic amines is 1. The van der Waals surface area contributed by atoms with Crippen molar-refractivity contribution >= 4 is 39.2 Å². The largest absolute Gasteiger partial charge is 0.491 e. The summed E-state index contributed by atoms with van der Waals surface area (Å²) in [7, 11) is 1.50. The number of methoxy groups -OCH3 is 1. The van der Waals surface area contributed by atoms with Gasteiger partial charge in [-0.3, -0.25) is 4.90 Å². The van der Waals surface area contributed by atoms with E-state index in [1.165, 1.54) is 9.87 Å². The molecule has 10 nitrogen and oxygen atoms in total. The van der Waals surface area contributed by atoms with E-state index in [0.29, 0.717) is 5.75 Å². The Kier molecular flexibility index (Phi) is 10.3. The maximum Gasteiger partial charge on any atom is 0.217 e. The van der Waals surface area contributed by atoms with Gasteiger partial charge in [0, 0.05) is 57.4 Å². The average Bonchev–Trinajstić information content (AvgIpc) is 3.21. The maximum atomic E-state index is 12.3. The van der Waals surface area contributed by atoms with Gasteiger partial charge in [0.15, 0.2) is 11.6 Å². The first kappa shape index (κ1) is 28.8. The molecule has 0 saturated carbocycles. The minimum absolute atomic E-state index is 0. The number of sulfonamides is 1. The zero-order chi connectivity index (χ0) is 23.4. The number of nitrogens with one attached hydrogen (secondary N) is 1. The number of nitrogens with zero attached hydrogens (tertiary/aromatic N) is 5. The Hall–Kier alpha value is -2.44. The van der Waals surface area contributed by atoms with Gasteiger partial charge < -0.3 is 20.1 Å². The molecule has 1 saturated heterocycles. The van der Waals surface area contributed by atoms with E-state index in [4.69, 9.17) is 4.74 Å². The third-order valence-corrected chi connectivity index (χ3v) is 8.02.